The summed E-state index contributed by atoms with van der Waals surface area (Å²) in [6.07, 6.45) is 3.33. The van der Waals surface area contributed by atoms with Crippen LogP contribution in [0.5, 0.6) is 0 Å². The fourth-order valence-corrected chi connectivity index (χ4v) is 2.32. The third-order valence-electron chi connectivity index (χ3n) is 3.26. The second-order valence-electron chi connectivity index (χ2n) is 5.67. The molecule has 2 nitrogen and oxygen atoms in total. The minimum atomic E-state index is 0.317. The quantitative estimate of drug-likeness (QED) is 0.637. The molecule has 0 bridgehead atoms. The zero-order valence-corrected chi connectivity index (χ0v) is 11.8. The second kappa shape index (κ2) is 9.00. The molecular formula is C14H31NO. The molecule has 2 unspecified atom stereocenters. The minimum Gasteiger partial charge on any atom is -0.396 e. The molecule has 0 saturated carbocycles. The minimum absolute atomic E-state index is 0.317. The summed E-state index contributed by atoms with van der Waals surface area (Å²) in [4.78, 5) is 0. The molecule has 2 N–H and O–H groups in total. The highest BCUT2D eigenvalue weighted by molar-refractivity contribution is 4.72. The molecular weight excluding hydrogens is 198 g/mol. The normalized spacial score (nSPS) is 15.8. The van der Waals surface area contributed by atoms with Crippen molar-refractivity contribution in [3.05, 3.63) is 0 Å². The van der Waals surface area contributed by atoms with Crippen molar-refractivity contribution in [3.63, 3.8) is 0 Å². The molecule has 16 heavy (non-hydrogen) atoms. The summed E-state index contributed by atoms with van der Waals surface area (Å²) in [6.45, 7) is 12.7. The summed E-state index contributed by atoms with van der Waals surface area (Å²) in [6, 6.07) is 0.619. The maximum Gasteiger partial charge on any atom is 0.0434 e. The van der Waals surface area contributed by atoms with Crippen molar-refractivity contribution in [1.82, 2.24) is 5.32 Å². The van der Waals surface area contributed by atoms with Crippen molar-refractivity contribution in [2.24, 2.45) is 17.8 Å². The van der Waals surface area contributed by atoms with E-state index in [1.165, 1.54) is 12.8 Å². The van der Waals surface area contributed by atoms with Crippen LogP contribution in [-0.4, -0.2) is 24.3 Å². The van der Waals surface area contributed by atoms with Crippen LogP contribution in [0.4, 0.5) is 0 Å². The number of aliphatic hydroxyl groups is 1. The molecule has 0 aliphatic heterocycles. The number of rotatable bonds is 9. The van der Waals surface area contributed by atoms with Crippen LogP contribution in [-0.2, 0) is 0 Å². The molecule has 0 radical (unpaired) electrons. The molecule has 0 amide bonds. The number of hydrogen-bond acceptors (Lipinski definition) is 2. The van der Waals surface area contributed by atoms with Crippen LogP contribution in [0.3, 0.4) is 0 Å². The molecule has 98 valence electrons. The van der Waals surface area contributed by atoms with Crippen LogP contribution in [0.25, 0.3) is 0 Å². The van der Waals surface area contributed by atoms with Gasteiger partial charge in [-0.05, 0) is 43.6 Å². The predicted molar refractivity (Wildman–Crippen MR) is 71.6 cm³/mol. The van der Waals surface area contributed by atoms with Crippen molar-refractivity contribution in [2.75, 3.05) is 13.2 Å². The van der Waals surface area contributed by atoms with Crippen LogP contribution in [0, 0.1) is 17.8 Å². The molecule has 0 aromatic heterocycles. The standard InChI is InChI=1S/C14H31NO/c1-6-14(12(4)5)15-10-13(7-8-16)9-11(2)3/h11-16H,6-10H2,1-5H3. The van der Waals surface area contributed by atoms with E-state index in [9.17, 15) is 0 Å². The van der Waals surface area contributed by atoms with Gasteiger partial charge < -0.3 is 10.4 Å². The highest BCUT2D eigenvalue weighted by Crippen LogP contribution is 2.15. The monoisotopic (exact) mass is 229 g/mol. The zero-order valence-electron chi connectivity index (χ0n) is 11.8. The van der Waals surface area contributed by atoms with Gasteiger partial charge in [0, 0.05) is 12.6 Å². The largest absolute Gasteiger partial charge is 0.396 e. The molecule has 2 heteroatoms. The van der Waals surface area contributed by atoms with Crippen LogP contribution in [0.15, 0.2) is 0 Å². The molecule has 0 aromatic carbocycles. The van der Waals surface area contributed by atoms with E-state index in [2.05, 4.69) is 39.9 Å². The lowest BCUT2D eigenvalue weighted by Crippen LogP contribution is -2.37. The summed E-state index contributed by atoms with van der Waals surface area (Å²) in [5, 5.41) is 12.7. The average molecular weight is 229 g/mol. The third kappa shape index (κ3) is 7.24. The maximum atomic E-state index is 9.05. The lowest BCUT2D eigenvalue weighted by atomic mass is 9.93. The Labute approximate surface area is 102 Å². The third-order valence-corrected chi connectivity index (χ3v) is 3.26. The highest BCUT2D eigenvalue weighted by Gasteiger charge is 2.14. The first-order valence-corrected chi connectivity index (χ1v) is 6.85. The van der Waals surface area contributed by atoms with Gasteiger partial charge in [0.25, 0.3) is 0 Å². The van der Waals surface area contributed by atoms with Crippen LogP contribution in [0.1, 0.15) is 53.9 Å². The van der Waals surface area contributed by atoms with E-state index in [0.717, 1.165) is 18.9 Å². The topological polar surface area (TPSA) is 32.3 Å². The van der Waals surface area contributed by atoms with Crippen LogP contribution in [0.2, 0.25) is 0 Å². The van der Waals surface area contributed by atoms with Crippen LogP contribution >= 0.6 is 0 Å². The Morgan fingerprint density at radius 3 is 2.12 bits per heavy atom. The van der Waals surface area contributed by atoms with Crippen molar-refractivity contribution < 1.29 is 5.11 Å². The fourth-order valence-electron chi connectivity index (χ4n) is 2.32. The highest BCUT2D eigenvalue weighted by atomic mass is 16.3. The summed E-state index contributed by atoms with van der Waals surface area (Å²) in [5.41, 5.74) is 0. The molecule has 0 aliphatic carbocycles. The van der Waals surface area contributed by atoms with Gasteiger partial charge in [0.15, 0.2) is 0 Å². The Morgan fingerprint density at radius 1 is 1.12 bits per heavy atom. The van der Waals surface area contributed by atoms with E-state index in [-0.39, 0.29) is 0 Å². The van der Waals surface area contributed by atoms with Gasteiger partial charge >= 0.3 is 0 Å². The SMILES string of the molecule is CCC(NCC(CCO)CC(C)C)C(C)C. The van der Waals surface area contributed by atoms with Gasteiger partial charge in [-0.2, -0.15) is 0 Å². The first-order chi connectivity index (χ1) is 7.51. The Bertz CT molecular complexity index is 157. The Balaban J connectivity index is 3.98. The average Bonchev–Trinajstić information content (AvgIpc) is 2.17. The molecule has 2 atom stereocenters. The van der Waals surface area contributed by atoms with Gasteiger partial charge in [0.1, 0.15) is 0 Å². The summed E-state index contributed by atoms with van der Waals surface area (Å²) < 4.78 is 0. The molecule has 0 rings (SSSR count). The first-order valence-electron chi connectivity index (χ1n) is 6.85. The molecule has 0 aliphatic rings. The Kier molecular flexibility index (Phi) is 8.96. The summed E-state index contributed by atoms with van der Waals surface area (Å²) in [5.74, 6) is 2.04. The second-order valence-corrected chi connectivity index (χ2v) is 5.67. The Morgan fingerprint density at radius 2 is 1.75 bits per heavy atom. The fraction of sp³-hybridized carbons (Fsp3) is 1.00. The molecule has 0 fully saturated rings. The molecule has 0 aromatic rings. The molecule has 0 heterocycles. The summed E-state index contributed by atoms with van der Waals surface area (Å²) >= 11 is 0. The number of aliphatic hydroxyl groups excluding tert-OH is 1. The predicted octanol–water partition coefficient (Wildman–Crippen LogP) is 3.06. The summed E-state index contributed by atoms with van der Waals surface area (Å²) in [7, 11) is 0. The molecule has 0 spiro atoms. The van der Waals surface area contributed by atoms with E-state index >= 15 is 0 Å². The van der Waals surface area contributed by atoms with Crippen molar-refractivity contribution in [1.29, 1.82) is 0 Å². The zero-order chi connectivity index (χ0) is 12.6. The van der Waals surface area contributed by atoms with E-state index < -0.39 is 0 Å². The first kappa shape index (κ1) is 15.9. The van der Waals surface area contributed by atoms with Gasteiger partial charge in [-0.25, -0.2) is 0 Å². The molecule has 0 saturated heterocycles. The van der Waals surface area contributed by atoms with Gasteiger partial charge in [-0.15, -0.1) is 0 Å². The van der Waals surface area contributed by atoms with Crippen molar-refractivity contribution in [2.45, 2.75) is 59.9 Å². The Hall–Kier alpha value is -0.0800. The van der Waals surface area contributed by atoms with E-state index in [1.54, 1.807) is 0 Å². The van der Waals surface area contributed by atoms with Gasteiger partial charge in [0.2, 0.25) is 0 Å². The number of hydrogen-bond donors (Lipinski definition) is 2. The van der Waals surface area contributed by atoms with Gasteiger partial charge in [-0.1, -0.05) is 34.6 Å². The van der Waals surface area contributed by atoms with E-state index in [4.69, 9.17) is 5.11 Å². The van der Waals surface area contributed by atoms with Gasteiger partial charge in [-0.3, -0.25) is 0 Å². The van der Waals surface area contributed by atoms with Gasteiger partial charge in [0.05, 0.1) is 0 Å². The number of nitrogens with one attached hydrogen (secondary N) is 1. The van der Waals surface area contributed by atoms with E-state index in [1.807, 2.05) is 0 Å². The van der Waals surface area contributed by atoms with Crippen molar-refractivity contribution >= 4 is 0 Å². The lowest BCUT2D eigenvalue weighted by Gasteiger charge is -2.25. The van der Waals surface area contributed by atoms with Crippen molar-refractivity contribution in [3.8, 4) is 0 Å². The van der Waals surface area contributed by atoms with Crippen LogP contribution < -0.4 is 5.32 Å². The van der Waals surface area contributed by atoms with E-state index in [0.29, 0.717) is 24.5 Å². The lowest BCUT2D eigenvalue weighted by molar-refractivity contribution is 0.231. The smallest absolute Gasteiger partial charge is 0.0434 e. The maximum absolute atomic E-state index is 9.05.